The molecule has 0 aliphatic heterocycles. The minimum atomic E-state index is 0.909. The van der Waals surface area contributed by atoms with Crippen molar-refractivity contribution >= 4 is 141 Å². The molecule has 0 saturated carbocycles. The van der Waals surface area contributed by atoms with Crippen LogP contribution in [0.3, 0.4) is 0 Å². The lowest BCUT2D eigenvalue weighted by atomic mass is 9.88. The van der Waals surface area contributed by atoms with Crippen molar-refractivity contribution in [1.82, 2.24) is 39.9 Å². The molecule has 0 aliphatic carbocycles. The van der Waals surface area contributed by atoms with E-state index in [2.05, 4.69) is 400 Å². The fourth-order valence-corrected chi connectivity index (χ4v) is 18.7. The van der Waals surface area contributed by atoms with Gasteiger partial charge in [-0.15, -0.1) is 0 Å². The minimum Gasteiger partial charge on any atom is -0.254 e. The van der Waals surface area contributed by atoms with Crippen LogP contribution in [0, 0.1) is 0 Å². The molecule has 0 amide bonds. The van der Waals surface area contributed by atoms with Crippen molar-refractivity contribution in [3.63, 3.8) is 0 Å². The Morgan fingerprint density at radius 1 is 0.137 bits per heavy atom. The van der Waals surface area contributed by atoms with Crippen molar-refractivity contribution in [2.24, 2.45) is 0 Å². The van der Waals surface area contributed by atoms with E-state index in [1.54, 1.807) is 0 Å². The summed E-state index contributed by atoms with van der Waals surface area (Å²) in [5.74, 6) is 0. The van der Waals surface area contributed by atoms with Crippen LogP contribution in [0.2, 0.25) is 0 Å². The van der Waals surface area contributed by atoms with E-state index in [0.717, 1.165) is 220 Å². The van der Waals surface area contributed by atoms with E-state index in [4.69, 9.17) is 39.9 Å². The highest BCUT2D eigenvalue weighted by Crippen LogP contribution is 2.47. The van der Waals surface area contributed by atoms with E-state index in [1.165, 1.54) is 33.0 Å². The zero-order valence-electron chi connectivity index (χ0n) is 67.0. The second kappa shape index (κ2) is 29.7. The third-order valence-electron chi connectivity index (χ3n) is 24.7. The molecule has 8 nitrogen and oxygen atoms in total. The predicted molar refractivity (Wildman–Crippen MR) is 517 cm³/mol. The van der Waals surface area contributed by atoms with Crippen LogP contribution in [0.4, 0.5) is 0 Å². The van der Waals surface area contributed by atoms with Crippen LogP contribution in [0.1, 0.15) is 0 Å². The van der Waals surface area contributed by atoms with Gasteiger partial charge in [0.1, 0.15) is 0 Å². The molecule has 0 atom stereocenters. The lowest BCUT2D eigenvalue weighted by Gasteiger charge is -2.17. The first-order valence-corrected chi connectivity index (χ1v) is 42.0. The average Bonchev–Trinajstić information content (AvgIpc) is 0.730. The van der Waals surface area contributed by atoms with Crippen LogP contribution in [0.25, 0.3) is 253 Å². The van der Waals surface area contributed by atoms with Crippen molar-refractivity contribution < 1.29 is 0 Å². The van der Waals surface area contributed by atoms with Crippen LogP contribution in [0.15, 0.2) is 425 Å². The van der Waals surface area contributed by atoms with Crippen LogP contribution in [0.5, 0.6) is 0 Å². The Morgan fingerprint density at radius 3 is 0.815 bits per heavy atom. The summed E-state index contributed by atoms with van der Waals surface area (Å²) in [6.07, 6.45) is 3.69. The molecule has 0 spiro atoms. The van der Waals surface area contributed by atoms with Crippen molar-refractivity contribution in [1.29, 1.82) is 0 Å². The third kappa shape index (κ3) is 12.5. The first-order valence-electron chi connectivity index (χ1n) is 42.0. The van der Waals surface area contributed by atoms with Crippen LogP contribution >= 0.6 is 0 Å². The zero-order chi connectivity index (χ0) is 81.7. The Hall–Kier alpha value is -16.7. The van der Waals surface area contributed by atoms with Gasteiger partial charge in [0.05, 0.1) is 78.3 Å². The smallest absolute Gasteiger partial charge is 0.0972 e. The second-order valence-electron chi connectivity index (χ2n) is 32.0. The molecule has 17 aromatic carbocycles. The van der Waals surface area contributed by atoms with Gasteiger partial charge in [0, 0.05) is 88.9 Å². The van der Waals surface area contributed by atoms with Gasteiger partial charge in [-0.1, -0.05) is 297 Å². The van der Waals surface area contributed by atoms with E-state index < -0.39 is 0 Å². The zero-order valence-corrected chi connectivity index (χ0v) is 67.0. The van der Waals surface area contributed by atoms with Gasteiger partial charge in [0.2, 0.25) is 0 Å². The molecular weight excluding hydrogens is 1510 g/mol. The van der Waals surface area contributed by atoms with E-state index in [1.807, 2.05) is 24.5 Å². The highest BCUT2D eigenvalue weighted by Gasteiger charge is 2.23. The molecule has 0 aliphatic rings. The lowest BCUT2D eigenvalue weighted by Crippen LogP contribution is -1.95. The summed E-state index contributed by atoms with van der Waals surface area (Å²) in [5.41, 5.74) is 29.1. The predicted octanol–water partition coefficient (Wildman–Crippen LogP) is 30.2. The molecule has 0 radical (unpaired) electrons. The van der Waals surface area contributed by atoms with E-state index >= 15 is 0 Å². The number of pyridine rings is 8. The van der Waals surface area contributed by atoms with E-state index in [9.17, 15) is 0 Å². The van der Waals surface area contributed by atoms with E-state index in [-0.39, 0.29) is 0 Å². The summed E-state index contributed by atoms with van der Waals surface area (Å²) >= 11 is 0. The molecule has 25 rings (SSSR count). The summed E-state index contributed by atoms with van der Waals surface area (Å²) < 4.78 is 0. The van der Waals surface area contributed by atoms with Gasteiger partial charge in [-0.05, 0) is 214 Å². The molecule has 8 heteroatoms. The Bertz CT molecular complexity index is 8530. The summed E-state index contributed by atoms with van der Waals surface area (Å²) in [6, 6.07) is 146. The fourth-order valence-electron chi connectivity index (χ4n) is 18.7. The Morgan fingerprint density at radius 2 is 0.419 bits per heavy atom. The third-order valence-corrected chi connectivity index (χ3v) is 24.7. The van der Waals surface area contributed by atoms with Gasteiger partial charge in [0.25, 0.3) is 0 Å². The standard InChI is InChI=1S/C62H38N4.C54H32N4/c1-3-12-39(13-4-1)47-36-48(40-14-5-2-6-15-40)38-49(37-47)56-30-26-45-34-43(24-28-54(45)64-56)44-25-29-55-46(35-44)27-32-57(65-55)59-50-17-7-9-19-52(50)60(53-20-10-8-18-51(53)59)58-31-23-42-22-21-41-16-11-33-63-61(41)62(42)66-58;1-2-12-40-33(9-1)10-7-17-41(40)48-27-23-38-31-36(21-25-46(38)56-48)37-22-26-47-39(32-37)24-29-49(57-47)51-42-13-3-5-15-44(42)52(45-16-6-4-14-43(45)51)50-28-20-35-19-18-34-11-8-30-55-53(34)54(35)58-50/h1-38H;1-32H. The average molecular weight is 1580 g/mol. The largest absolute Gasteiger partial charge is 0.254 e. The molecule has 25 aromatic rings. The van der Waals surface area contributed by atoms with Gasteiger partial charge in [-0.3, -0.25) is 9.97 Å². The maximum atomic E-state index is 5.36. The van der Waals surface area contributed by atoms with Crippen LogP contribution < -0.4 is 0 Å². The first-order chi connectivity index (χ1) is 61.4. The van der Waals surface area contributed by atoms with Crippen LogP contribution in [-0.2, 0) is 0 Å². The SMILES string of the molecule is c1ccc(-c2cc(-c3ccccc3)cc(-c3ccc4cc(-c5ccc6nc(-c7c8ccccc8c(-c8ccc9ccc%10cccnc%10c9n8)c8ccccc78)ccc6c5)ccc4n3)c2)cc1.c1ccc2c(-c3ccc4cc(-c5ccc6nc(-c7c8ccccc8c(-c8ccc9ccc%10cccnc%10c9n8)c8ccccc78)ccc6c5)ccc4n3)cccc2c1. The first kappa shape index (κ1) is 71.4. The summed E-state index contributed by atoms with van der Waals surface area (Å²) in [5, 5.41) is 20.3. The summed E-state index contributed by atoms with van der Waals surface area (Å²) in [4.78, 5) is 41.1. The minimum absolute atomic E-state index is 0.909. The fraction of sp³-hybridized carbons (Fsp3) is 0. The molecule has 0 unspecified atom stereocenters. The molecule has 574 valence electrons. The number of rotatable bonds is 10. The number of fused-ring (bicyclic) bond motifs is 15. The van der Waals surface area contributed by atoms with Crippen LogP contribution in [-0.4, -0.2) is 39.9 Å². The summed E-state index contributed by atoms with van der Waals surface area (Å²) in [7, 11) is 0. The van der Waals surface area contributed by atoms with Gasteiger partial charge >= 0.3 is 0 Å². The number of hydrogen-bond acceptors (Lipinski definition) is 8. The van der Waals surface area contributed by atoms with Crippen molar-refractivity contribution in [3.8, 4) is 112 Å². The quantitative estimate of drug-likeness (QED) is 0.0985. The Balaban J connectivity index is 0.000000141. The molecule has 0 saturated heterocycles. The Kier molecular flexibility index (Phi) is 17.1. The number of aromatic nitrogens is 8. The molecule has 0 N–H and O–H groups in total. The normalized spacial score (nSPS) is 11.7. The highest BCUT2D eigenvalue weighted by molar-refractivity contribution is 6.23. The lowest BCUT2D eigenvalue weighted by molar-refractivity contribution is 1.38. The highest BCUT2D eigenvalue weighted by atomic mass is 14.8. The van der Waals surface area contributed by atoms with Gasteiger partial charge in [-0.2, -0.15) is 0 Å². The van der Waals surface area contributed by atoms with Crippen molar-refractivity contribution in [2.75, 3.05) is 0 Å². The van der Waals surface area contributed by atoms with Crippen molar-refractivity contribution in [2.45, 2.75) is 0 Å². The van der Waals surface area contributed by atoms with Gasteiger partial charge in [-0.25, -0.2) is 29.9 Å². The Labute approximate surface area is 713 Å². The summed E-state index contributed by atoms with van der Waals surface area (Å²) in [6.45, 7) is 0. The monoisotopic (exact) mass is 1570 g/mol. The molecule has 8 aromatic heterocycles. The topological polar surface area (TPSA) is 103 Å². The maximum Gasteiger partial charge on any atom is 0.0972 e. The second-order valence-corrected chi connectivity index (χ2v) is 32.0. The van der Waals surface area contributed by atoms with Crippen molar-refractivity contribution in [3.05, 3.63) is 425 Å². The molecule has 8 heterocycles. The molecular formula is C116H70N8. The van der Waals surface area contributed by atoms with Gasteiger partial charge in [0.15, 0.2) is 0 Å². The van der Waals surface area contributed by atoms with E-state index in [0.29, 0.717) is 0 Å². The number of nitrogens with zero attached hydrogens (tertiary/aromatic N) is 8. The number of benzene rings is 17. The molecule has 124 heavy (non-hydrogen) atoms. The number of hydrogen-bond donors (Lipinski definition) is 0. The molecule has 0 bridgehead atoms. The van der Waals surface area contributed by atoms with Gasteiger partial charge < -0.3 is 0 Å². The molecule has 0 fully saturated rings. The maximum absolute atomic E-state index is 5.36.